The van der Waals surface area contributed by atoms with Gasteiger partial charge in [0.2, 0.25) is 0 Å². The van der Waals surface area contributed by atoms with Crippen molar-refractivity contribution in [2.24, 2.45) is 0 Å². The predicted octanol–water partition coefficient (Wildman–Crippen LogP) is 6.84. The quantitative estimate of drug-likeness (QED) is 0.323. The molecule has 0 atom stereocenters. The van der Waals surface area contributed by atoms with Crippen LogP contribution >= 0.6 is 0 Å². The van der Waals surface area contributed by atoms with Crippen molar-refractivity contribution in [3.8, 4) is 22.3 Å². The van der Waals surface area contributed by atoms with Gasteiger partial charge >= 0.3 is 0 Å². The minimum Gasteiger partial charge on any atom is -0.289 e. The maximum Gasteiger partial charge on any atom is 0.193 e. The fourth-order valence-corrected chi connectivity index (χ4v) is 3.85. The number of hydrogen-bond donors (Lipinski definition) is 0. The molecule has 0 saturated heterocycles. The van der Waals surface area contributed by atoms with Crippen LogP contribution in [0.2, 0.25) is 0 Å². The van der Waals surface area contributed by atoms with Crippen LogP contribution in [0.5, 0.6) is 0 Å². The zero-order chi connectivity index (χ0) is 18.9. The maximum atomic E-state index is 13.2. The summed E-state index contributed by atoms with van der Waals surface area (Å²) < 4.78 is 0. The molecule has 0 unspecified atom stereocenters. The Morgan fingerprint density at radius 1 is 0.500 bits per heavy atom. The largest absolute Gasteiger partial charge is 0.289 e. The van der Waals surface area contributed by atoms with Crippen molar-refractivity contribution in [3.05, 3.63) is 120 Å². The van der Waals surface area contributed by atoms with E-state index in [9.17, 15) is 4.79 Å². The van der Waals surface area contributed by atoms with Gasteiger partial charge in [-0.1, -0.05) is 97.1 Å². The molecule has 0 radical (unpaired) electrons. The molecule has 28 heavy (non-hydrogen) atoms. The molecule has 1 nitrogen and oxygen atoms in total. The van der Waals surface area contributed by atoms with Gasteiger partial charge in [-0.2, -0.15) is 0 Å². The lowest BCUT2D eigenvalue weighted by Gasteiger charge is -2.05. The molecule has 132 valence electrons. The second kappa shape index (κ2) is 6.79. The lowest BCUT2D eigenvalue weighted by atomic mass is 9.99. The Morgan fingerprint density at radius 2 is 1.14 bits per heavy atom. The molecule has 0 amide bonds. The fraction of sp³-hybridized carbons (Fsp3) is 0. The van der Waals surface area contributed by atoms with Gasteiger partial charge in [-0.15, -0.1) is 0 Å². The third kappa shape index (κ3) is 2.78. The first kappa shape index (κ1) is 16.5. The van der Waals surface area contributed by atoms with E-state index in [-0.39, 0.29) is 5.78 Å². The number of benzene rings is 3. The molecule has 0 heterocycles. The second-order valence-corrected chi connectivity index (χ2v) is 6.97. The monoisotopic (exact) mass is 358 g/mol. The summed E-state index contributed by atoms with van der Waals surface area (Å²) in [5.74, 6) is 0.0591. The molecule has 3 aromatic carbocycles. The van der Waals surface area contributed by atoms with Crippen molar-refractivity contribution in [2.75, 3.05) is 0 Å². The highest BCUT2D eigenvalue weighted by molar-refractivity contribution is 6.16. The van der Waals surface area contributed by atoms with Crippen LogP contribution in [0.4, 0.5) is 0 Å². The summed E-state index contributed by atoms with van der Waals surface area (Å²) in [5, 5.41) is 2.42. The lowest BCUT2D eigenvalue weighted by molar-refractivity contribution is 0.103. The molecule has 0 spiro atoms. The van der Waals surface area contributed by atoms with Gasteiger partial charge in [0.05, 0.1) is 0 Å². The van der Waals surface area contributed by atoms with Crippen molar-refractivity contribution in [2.45, 2.75) is 0 Å². The topological polar surface area (TPSA) is 17.1 Å². The van der Waals surface area contributed by atoms with Crippen molar-refractivity contribution < 1.29 is 4.79 Å². The van der Waals surface area contributed by atoms with Crippen molar-refractivity contribution in [1.29, 1.82) is 0 Å². The Labute approximate surface area is 164 Å². The SMILES string of the molecule is O=C(c1ccccc1)c1cc(-c2ccc3ccccc3c2)c2cccccc1-2. The minimum atomic E-state index is 0.0591. The smallest absolute Gasteiger partial charge is 0.193 e. The molecule has 0 fully saturated rings. The Bertz CT molecular complexity index is 1270. The average Bonchev–Trinajstić information content (AvgIpc) is 2.94. The zero-order valence-corrected chi connectivity index (χ0v) is 15.3. The normalized spacial score (nSPS) is 11.0. The summed E-state index contributed by atoms with van der Waals surface area (Å²) in [6.07, 6.45) is 0. The molecular weight excluding hydrogens is 340 g/mol. The van der Waals surface area contributed by atoms with Crippen LogP contribution in [-0.4, -0.2) is 5.78 Å². The van der Waals surface area contributed by atoms with Gasteiger partial charge in [0.1, 0.15) is 0 Å². The van der Waals surface area contributed by atoms with Gasteiger partial charge in [0.15, 0.2) is 5.78 Å². The highest BCUT2D eigenvalue weighted by atomic mass is 16.1. The maximum absolute atomic E-state index is 13.2. The van der Waals surface area contributed by atoms with Crippen LogP contribution < -0.4 is 0 Å². The number of carbonyl (C=O) groups is 1. The van der Waals surface area contributed by atoms with Gasteiger partial charge in [0, 0.05) is 11.1 Å². The van der Waals surface area contributed by atoms with Crippen LogP contribution in [0, 0.1) is 0 Å². The third-order valence-electron chi connectivity index (χ3n) is 5.25. The lowest BCUT2D eigenvalue weighted by Crippen LogP contribution is -2.00. The Kier molecular flexibility index (Phi) is 3.99. The predicted molar refractivity (Wildman–Crippen MR) is 116 cm³/mol. The molecule has 0 saturated carbocycles. The summed E-state index contributed by atoms with van der Waals surface area (Å²) >= 11 is 0. The number of carbonyl (C=O) groups excluding carboxylic acids is 1. The third-order valence-corrected chi connectivity index (χ3v) is 5.25. The van der Waals surface area contributed by atoms with Gasteiger partial charge in [0.25, 0.3) is 0 Å². The second-order valence-electron chi connectivity index (χ2n) is 6.97. The highest BCUT2D eigenvalue weighted by Crippen LogP contribution is 2.40. The van der Waals surface area contributed by atoms with Crippen molar-refractivity contribution in [1.82, 2.24) is 0 Å². The van der Waals surface area contributed by atoms with E-state index >= 15 is 0 Å². The highest BCUT2D eigenvalue weighted by Gasteiger charge is 2.21. The summed E-state index contributed by atoms with van der Waals surface area (Å²) in [4.78, 5) is 13.2. The molecule has 3 aromatic rings. The molecule has 2 aliphatic carbocycles. The van der Waals surface area contributed by atoms with E-state index in [1.165, 1.54) is 10.8 Å². The molecule has 0 bridgehead atoms. The van der Waals surface area contributed by atoms with E-state index in [0.29, 0.717) is 5.56 Å². The van der Waals surface area contributed by atoms with Crippen LogP contribution in [-0.2, 0) is 0 Å². The molecule has 0 aliphatic heterocycles. The van der Waals surface area contributed by atoms with Crippen LogP contribution in [0.25, 0.3) is 33.0 Å². The first-order valence-electron chi connectivity index (χ1n) is 9.42. The van der Waals surface area contributed by atoms with Gasteiger partial charge in [-0.05, 0) is 45.2 Å². The van der Waals surface area contributed by atoms with Gasteiger partial charge in [-0.25, -0.2) is 0 Å². The molecule has 0 N–H and O–H groups in total. The first-order chi connectivity index (χ1) is 13.8. The van der Waals surface area contributed by atoms with E-state index in [2.05, 4.69) is 48.5 Å². The van der Waals surface area contributed by atoms with Crippen LogP contribution in [0.3, 0.4) is 0 Å². The Morgan fingerprint density at radius 3 is 1.93 bits per heavy atom. The van der Waals surface area contributed by atoms with Gasteiger partial charge in [-0.3, -0.25) is 4.79 Å². The Hall–Kier alpha value is -3.71. The summed E-state index contributed by atoms with van der Waals surface area (Å²) in [6.45, 7) is 0. The van der Waals surface area contributed by atoms with Crippen LogP contribution in [0.1, 0.15) is 15.9 Å². The summed E-state index contributed by atoms with van der Waals surface area (Å²) in [5.41, 5.74) is 5.77. The molecule has 1 heteroatoms. The molecule has 5 rings (SSSR count). The number of ketones is 1. The first-order valence-corrected chi connectivity index (χ1v) is 9.42. The Balaban J connectivity index is 1.72. The molecular formula is C27H18O. The minimum absolute atomic E-state index is 0.0591. The standard InChI is InChI=1S/C27H18O/c28-27(20-10-3-1-4-11-20)26-18-25(23-13-5-2-6-14-24(23)26)22-16-15-19-9-7-8-12-21(19)17-22/h1-18H. The molecule has 2 aliphatic rings. The van der Waals surface area contributed by atoms with E-state index in [1.807, 2.05) is 60.7 Å². The fourth-order valence-electron chi connectivity index (χ4n) is 3.85. The number of hydrogen-bond acceptors (Lipinski definition) is 1. The van der Waals surface area contributed by atoms with Crippen LogP contribution in [0.15, 0.2) is 109 Å². The molecule has 0 aromatic heterocycles. The van der Waals surface area contributed by atoms with E-state index < -0.39 is 0 Å². The van der Waals surface area contributed by atoms with Crippen molar-refractivity contribution >= 4 is 16.6 Å². The van der Waals surface area contributed by atoms with Crippen molar-refractivity contribution in [3.63, 3.8) is 0 Å². The average molecular weight is 358 g/mol. The number of fused-ring (bicyclic) bond motifs is 2. The summed E-state index contributed by atoms with van der Waals surface area (Å²) in [7, 11) is 0. The number of rotatable bonds is 3. The van der Waals surface area contributed by atoms with E-state index in [4.69, 9.17) is 0 Å². The summed E-state index contributed by atoms with van der Waals surface area (Å²) in [6, 6.07) is 36.5. The zero-order valence-electron chi connectivity index (χ0n) is 15.3. The van der Waals surface area contributed by atoms with E-state index in [1.54, 1.807) is 0 Å². The van der Waals surface area contributed by atoms with E-state index in [0.717, 1.165) is 27.8 Å². The van der Waals surface area contributed by atoms with Gasteiger partial charge < -0.3 is 0 Å².